The summed E-state index contributed by atoms with van der Waals surface area (Å²) in [5.74, 6) is 0.742. The van der Waals surface area contributed by atoms with Crippen molar-refractivity contribution in [3.05, 3.63) is 17.5 Å². The molecule has 100 valence electrons. The van der Waals surface area contributed by atoms with Crippen LogP contribution in [0.5, 0.6) is 0 Å². The lowest BCUT2D eigenvalue weighted by molar-refractivity contribution is 0.0292. The number of nitrogens with zero attached hydrogens (tertiary/aromatic N) is 3. The van der Waals surface area contributed by atoms with Crippen molar-refractivity contribution in [3.8, 4) is 0 Å². The van der Waals surface area contributed by atoms with Gasteiger partial charge in [-0.2, -0.15) is 0 Å². The lowest BCUT2D eigenvalue weighted by atomic mass is 10.1. The van der Waals surface area contributed by atoms with Crippen LogP contribution in [0, 0.1) is 6.92 Å². The molecule has 1 aliphatic heterocycles. The van der Waals surface area contributed by atoms with E-state index in [1.807, 2.05) is 6.92 Å². The molecule has 0 aliphatic carbocycles. The van der Waals surface area contributed by atoms with Gasteiger partial charge >= 0.3 is 0 Å². The molecule has 1 fully saturated rings. The third-order valence-electron chi connectivity index (χ3n) is 3.43. The van der Waals surface area contributed by atoms with Crippen molar-refractivity contribution in [2.24, 2.45) is 0 Å². The van der Waals surface area contributed by atoms with E-state index in [0.29, 0.717) is 6.04 Å². The Kier molecular flexibility index (Phi) is 4.14. The van der Waals surface area contributed by atoms with E-state index < -0.39 is 0 Å². The highest BCUT2D eigenvalue weighted by molar-refractivity contribution is 5.35. The van der Waals surface area contributed by atoms with Crippen LogP contribution >= 0.6 is 0 Å². The number of aromatic nitrogens is 2. The molecular weight excluding hydrogens is 230 g/mol. The van der Waals surface area contributed by atoms with Gasteiger partial charge in [-0.1, -0.05) is 6.92 Å². The topological polar surface area (TPSA) is 58.5 Å². The number of hydrogen-bond acceptors (Lipinski definition) is 5. The first kappa shape index (κ1) is 13.2. The second-order valence-corrected chi connectivity index (χ2v) is 4.80. The fourth-order valence-electron chi connectivity index (χ4n) is 2.20. The number of aliphatic hydroxyl groups is 1. The minimum atomic E-state index is -0.0111. The van der Waals surface area contributed by atoms with Gasteiger partial charge < -0.3 is 14.7 Å². The lowest BCUT2D eigenvalue weighted by Gasteiger charge is -2.38. The van der Waals surface area contributed by atoms with Gasteiger partial charge in [0.05, 0.1) is 25.4 Å². The Balaban J connectivity index is 2.25. The molecule has 0 saturated carbocycles. The zero-order chi connectivity index (χ0) is 13.1. The predicted molar refractivity (Wildman–Crippen MR) is 69.5 cm³/mol. The Morgan fingerprint density at radius 3 is 2.94 bits per heavy atom. The van der Waals surface area contributed by atoms with E-state index in [0.717, 1.165) is 36.8 Å². The van der Waals surface area contributed by atoms with Crippen LogP contribution in [0.3, 0.4) is 0 Å². The smallest absolute Gasteiger partial charge is 0.225 e. The maximum absolute atomic E-state index is 9.15. The molecule has 18 heavy (non-hydrogen) atoms. The molecular formula is C13H21N3O2. The fraction of sp³-hybridized carbons (Fsp3) is 0.692. The van der Waals surface area contributed by atoms with Gasteiger partial charge in [-0.05, 0) is 20.3 Å². The molecule has 0 amide bonds. The molecule has 1 N–H and O–H groups in total. The first-order valence-corrected chi connectivity index (χ1v) is 6.47. The Morgan fingerprint density at radius 2 is 2.33 bits per heavy atom. The average Bonchev–Trinajstić information content (AvgIpc) is 2.38. The molecule has 5 heteroatoms. The van der Waals surface area contributed by atoms with E-state index in [1.165, 1.54) is 0 Å². The number of hydrogen-bond donors (Lipinski definition) is 1. The van der Waals surface area contributed by atoms with Gasteiger partial charge in [0.15, 0.2) is 0 Å². The molecule has 2 rings (SSSR count). The number of aryl methyl sites for hydroxylation is 1. The Labute approximate surface area is 108 Å². The number of morpholine rings is 1. The van der Waals surface area contributed by atoms with Crippen molar-refractivity contribution in [1.29, 1.82) is 0 Å². The standard InChI is InChI=1S/C13H21N3O2/c1-4-12-8-18-9(2)6-16(12)13-14-5-11(7-17)10(3)15-13/h5,9,12,17H,4,6-8H2,1-3H3. The van der Waals surface area contributed by atoms with Crippen LogP contribution in [0.4, 0.5) is 5.95 Å². The molecule has 1 aliphatic rings. The van der Waals surface area contributed by atoms with Crippen molar-refractivity contribution >= 4 is 5.95 Å². The summed E-state index contributed by atoms with van der Waals surface area (Å²) in [6.45, 7) is 7.64. The van der Waals surface area contributed by atoms with Crippen LogP contribution in [0.1, 0.15) is 31.5 Å². The zero-order valence-corrected chi connectivity index (χ0v) is 11.3. The number of ether oxygens (including phenoxy) is 1. The van der Waals surface area contributed by atoms with E-state index >= 15 is 0 Å². The van der Waals surface area contributed by atoms with Gasteiger partial charge in [0, 0.05) is 24.0 Å². The molecule has 0 bridgehead atoms. The van der Waals surface area contributed by atoms with Crippen molar-refractivity contribution in [2.75, 3.05) is 18.1 Å². The maximum Gasteiger partial charge on any atom is 0.225 e. The Hall–Kier alpha value is -1.20. The van der Waals surface area contributed by atoms with E-state index in [1.54, 1.807) is 6.20 Å². The van der Waals surface area contributed by atoms with E-state index in [2.05, 4.69) is 28.7 Å². The maximum atomic E-state index is 9.15. The largest absolute Gasteiger partial charge is 0.392 e. The molecule has 1 aromatic heterocycles. The summed E-state index contributed by atoms with van der Waals surface area (Å²) in [4.78, 5) is 11.1. The minimum absolute atomic E-state index is 0.0111. The number of aliphatic hydroxyl groups excluding tert-OH is 1. The van der Waals surface area contributed by atoms with Crippen molar-refractivity contribution in [1.82, 2.24) is 9.97 Å². The van der Waals surface area contributed by atoms with Crippen LogP contribution in [0.15, 0.2) is 6.20 Å². The van der Waals surface area contributed by atoms with Crippen LogP contribution in [-0.2, 0) is 11.3 Å². The lowest BCUT2D eigenvalue weighted by Crippen LogP contribution is -2.49. The first-order valence-electron chi connectivity index (χ1n) is 6.47. The van der Waals surface area contributed by atoms with E-state index in [4.69, 9.17) is 9.84 Å². The summed E-state index contributed by atoms with van der Waals surface area (Å²) in [6.07, 6.45) is 2.93. The van der Waals surface area contributed by atoms with Crippen molar-refractivity contribution < 1.29 is 9.84 Å². The van der Waals surface area contributed by atoms with Gasteiger partial charge in [0.1, 0.15) is 0 Å². The molecule has 0 radical (unpaired) electrons. The quantitative estimate of drug-likeness (QED) is 0.877. The molecule has 1 aromatic rings. The van der Waals surface area contributed by atoms with Gasteiger partial charge in [0.25, 0.3) is 0 Å². The number of anilines is 1. The first-order chi connectivity index (χ1) is 8.65. The van der Waals surface area contributed by atoms with Crippen LogP contribution in [0.25, 0.3) is 0 Å². The van der Waals surface area contributed by atoms with Crippen molar-refractivity contribution in [3.63, 3.8) is 0 Å². The van der Waals surface area contributed by atoms with Gasteiger partial charge in [0.2, 0.25) is 5.95 Å². The van der Waals surface area contributed by atoms with Gasteiger partial charge in [-0.25, -0.2) is 9.97 Å². The summed E-state index contributed by atoms with van der Waals surface area (Å²) in [5.41, 5.74) is 1.63. The monoisotopic (exact) mass is 251 g/mol. The van der Waals surface area contributed by atoms with E-state index in [-0.39, 0.29) is 12.7 Å². The summed E-state index contributed by atoms with van der Waals surface area (Å²) in [5, 5.41) is 9.15. The van der Waals surface area contributed by atoms with Crippen LogP contribution in [-0.4, -0.2) is 40.4 Å². The predicted octanol–water partition coefficient (Wildman–Crippen LogP) is 1.28. The van der Waals surface area contributed by atoms with Gasteiger partial charge in [-0.15, -0.1) is 0 Å². The molecule has 2 heterocycles. The third kappa shape index (κ3) is 2.62. The van der Waals surface area contributed by atoms with Gasteiger partial charge in [-0.3, -0.25) is 0 Å². The fourth-order valence-corrected chi connectivity index (χ4v) is 2.20. The summed E-state index contributed by atoms with van der Waals surface area (Å²) in [7, 11) is 0. The summed E-state index contributed by atoms with van der Waals surface area (Å²) >= 11 is 0. The normalized spacial score (nSPS) is 24.3. The highest BCUT2D eigenvalue weighted by Crippen LogP contribution is 2.20. The van der Waals surface area contributed by atoms with Crippen molar-refractivity contribution in [2.45, 2.75) is 45.9 Å². The van der Waals surface area contributed by atoms with Crippen LogP contribution in [0.2, 0.25) is 0 Å². The van der Waals surface area contributed by atoms with E-state index in [9.17, 15) is 0 Å². The molecule has 0 spiro atoms. The SMILES string of the molecule is CCC1COC(C)CN1c1ncc(CO)c(C)n1. The third-order valence-corrected chi connectivity index (χ3v) is 3.43. The molecule has 1 saturated heterocycles. The molecule has 2 unspecified atom stereocenters. The molecule has 2 atom stereocenters. The Morgan fingerprint density at radius 1 is 1.56 bits per heavy atom. The highest BCUT2D eigenvalue weighted by atomic mass is 16.5. The molecule has 0 aromatic carbocycles. The minimum Gasteiger partial charge on any atom is -0.392 e. The summed E-state index contributed by atoms with van der Waals surface area (Å²) in [6, 6.07) is 0.334. The summed E-state index contributed by atoms with van der Waals surface area (Å²) < 4.78 is 5.67. The second-order valence-electron chi connectivity index (χ2n) is 4.80. The second kappa shape index (κ2) is 5.63. The average molecular weight is 251 g/mol. The Bertz CT molecular complexity index is 411. The van der Waals surface area contributed by atoms with Crippen LogP contribution < -0.4 is 4.90 Å². The number of rotatable bonds is 3. The zero-order valence-electron chi connectivity index (χ0n) is 11.3. The highest BCUT2D eigenvalue weighted by Gasteiger charge is 2.27. The molecule has 5 nitrogen and oxygen atoms in total.